The summed E-state index contributed by atoms with van der Waals surface area (Å²) in [5, 5.41) is 6.31. The zero-order chi connectivity index (χ0) is 16.2. The molecule has 1 aliphatic heterocycles. The Hall–Kier alpha value is -1.59. The fraction of sp³-hybridized carbons (Fsp3) is 0.529. The van der Waals surface area contributed by atoms with Gasteiger partial charge in [0.2, 0.25) is 11.8 Å². The first-order chi connectivity index (χ1) is 10.5. The molecular weight excluding hydrogens is 314 g/mol. The van der Waals surface area contributed by atoms with Gasteiger partial charge in [0.25, 0.3) is 0 Å². The van der Waals surface area contributed by atoms with E-state index in [1.165, 1.54) is 0 Å². The van der Waals surface area contributed by atoms with Crippen LogP contribution < -0.4 is 10.6 Å². The maximum atomic E-state index is 12.5. The monoisotopic (exact) mass is 339 g/mol. The van der Waals surface area contributed by atoms with E-state index in [0.29, 0.717) is 6.42 Å². The third-order valence-electron chi connectivity index (χ3n) is 4.35. The lowest BCUT2D eigenvalue weighted by atomic mass is 9.93. The molecule has 1 fully saturated rings. The Morgan fingerprint density at radius 3 is 2.39 bits per heavy atom. The fourth-order valence-corrected chi connectivity index (χ4v) is 2.75. The number of carbonyl (C=O) groups excluding carboxylic acids is 2. The van der Waals surface area contributed by atoms with Crippen LogP contribution in [-0.4, -0.2) is 42.9 Å². The van der Waals surface area contributed by atoms with Gasteiger partial charge >= 0.3 is 0 Å². The van der Waals surface area contributed by atoms with E-state index >= 15 is 0 Å². The molecule has 1 heterocycles. The summed E-state index contributed by atoms with van der Waals surface area (Å²) in [7, 11) is 3.49. The average molecular weight is 340 g/mol. The minimum atomic E-state index is -0.431. The van der Waals surface area contributed by atoms with Gasteiger partial charge in [-0.1, -0.05) is 19.1 Å². The lowest BCUT2D eigenvalue weighted by Crippen LogP contribution is -2.50. The first-order valence-electron chi connectivity index (χ1n) is 7.82. The van der Waals surface area contributed by atoms with Crippen LogP contribution in [0, 0.1) is 0 Å². The van der Waals surface area contributed by atoms with Gasteiger partial charge in [-0.3, -0.25) is 9.59 Å². The van der Waals surface area contributed by atoms with Crippen LogP contribution in [0.2, 0.25) is 0 Å². The van der Waals surface area contributed by atoms with Crippen LogP contribution in [0.4, 0.5) is 5.69 Å². The van der Waals surface area contributed by atoms with Crippen molar-refractivity contribution < 1.29 is 9.59 Å². The first kappa shape index (κ1) is 19.5. The zero-order valence-corrected chi connectivity index (χ0v) is 14.8. The Bertz CT molecular complexity index is 537. The third kappa shape index (κ3) is 4.69. The second kappa shape index (κ2) is 8.31. The van der Waals surface area contributed by atoms with Crippen LogP contribution >= 0.6 is 12.4 Å². The summed E-state index contributed by atoms with van der Waals surface area (Å²) in [4.78, 5) is 25.7. The number of likely N-dealkylation sites (N-methyl/N-ethyl adjacent to an activating group) is 1. The van der Waals surface area contributed by atoms with Crippen molar-refractivity contribution in [1.82, 2.24) is 10.2 Å². The SMILES string of the molecule is CCC1(C(=O)Nc2ccc(CC(=O)N(C)C)cc2)CCCN1.Cl. The summed E-state index contributed by atoms with van der Waals surface area (Å²) < 4.78 is 0. The standard InChI is InChI=1S/C17H25N3O2.ClH/c1-4-17(10-5-11-18-17)16(22)19-14-8-6-13(7-9-14)12-15(21)20(2)3;/h6-9,18H,4-5,10-12H2,1-3H3,(H,19,22);1H. The van der Waals surface area contributed by atoms with E-state index < -0.39 is 5.54 Å². The first-order valence-corrected chi connectivity index (χ1v) is 7.82. The summed E-state index contributed by atoms with van der Waals surface area (Å²) in [5.41, 5.74) is 1.29. The van der Waals surface area contributed by atoms with Gasteiger partial charge in [0.05, 0.1) is 12.0 Å². The van der Waals surface area contributed by atoms with Crippen molar-refractivity contribution in [2.45, 2.75) is 38.1 Å². The molecule has 5 nitrogen and oxygen atoms in total. The van der Waals surface area contributed by atoms with E-state index in [1.807, 2.05) is 31.2 Å². The fourth-order valence-electron chi connectivity index (χ4n) is 2.75. The number of benzene rings is 1. The molecule has 0 aliphatic carbocycles. The van der Waals surface area contributed by atoms with Gasteiger partial charge in [-0.25, -0.2) is 0 Å². The minimum Gasteiger partial charge on any atom is -0.349 e. The van der Waals surface area contributed by atoms with Gasteiger partial charge in [0.15, 0.2) is 0 Å². The Kier molecular flexibility index (Phi) is 7.03. The Balaban J connectivity index is 0.00000264. The van der Waals surface area contributed by atoms with Gasteiger partial charge in [-0.05, 0) is 43.5 Å². The predicted octanol–water partition coefficient (Wildman–Crippen LogP) is 2.21. The second-order valence-corrected chi connectivity index (χ2v) is 6.08. The zero-order valence-electron chi connectivity index (χ0n) is 14.0. The van der Waals surface area contributed by atoms with Crippen LogP contribution in [0.15, 0.2) is 24.3 Å². The molecule has 1 aromatic carbocycles. The van der Waals surface area contributed by atoms with Crippen molar-refractivity contribution in [2.75, 3.05) is 26.0 Å². The normalized spacial score (nSPS) is 19.8. The average Bonchev–Trinajstić information content (AvgIpc) is 2.99. The predicted molar refractivity (Wildman–Crippen MR) is 95.0 cm³/mol. The minimum absolute atomic E-state index is 0. The number of anilines is 1. The molecule has 0 bridgehead atoms. The van der Waals surface area contributed by atoms with Crippen LogP contribution in [0.3, 0.4) is 0 Å². The van der Waals surface area contributed by atoms with Gasteiger partial charge in [0.1, 0.15) is 0 Å². The van der Waals surface area contributed by atoms with Gasteiger partial charge in [0, 0.05) is 19.8 Å². The quantitative estimate of drug-likeness (QED) is 0.864. The number of rotatable bonds is 5. The highest BCUT2D eigenvalue weighted by Crippen LogP contribution is 2.25. The summed E-state index contributed by atoms with van der Waals surface area (Å²) in [6.07, 6.45) is 3.08. The van der Waals surface area contributed by atoms with Crippen LogP contribution in [0.1, 0.15) is 31.7 Å². The molecule has 0 aromatic heterocycles. The molecule has 2 N–H and O–H groups in total. The molecule has 23 heavy (non-hydrogen) atoms. The maximum Gasteiger partial charge on any atom is 0.244 e. The Labute approximate surface area is 144 Å². The van der Waals surface area contributed by atoms with Crippen molar-refractivity contribution in [2.24, 2.45) is 0 Å². The van der Waals surface area contributed by atoms with E-state index in [1.54, 1.807) is 19.0 Å². The number of amides is 2. The molecule has 0 spiro atoms. The number of nitrogens with one attached hydrogen (secondary N) is 2. The second-order valence-electron chi connectivity index (χ2n) is 6.08. The summed E-state index contributed by atoms with van der Waals surface area (Å²) in [5.74, 6) is 0.0986. The molecule has 1 atom stereocenters. The largest absolute Gasteiger partial charge is 0.349 e. The van der Waals surface area contributed by atoms with Gasteiger partial charge in [-0.15, -0.1) is 12.4 Å². The van der Waals surface area contributed by atoms with Crippen molar-refractivity contribution in [3.63, 3.8) is 0 Å². The van der Waals surface area contributed by atoms with Gasteiger partial charge < -0.3 is 15.5 Å². The molecule has 1 aromatic rings. The lowest BCUT2D eigenvalue weighted by molar-refractivity contribution is -0.128. The van der Waals surface area contributed by atoms with Gasteiger partial charge in [-0.2, -0.15) is 0 Å². The number of hydrogen-bond donors (Lipinski definition) is 2. The number of nitrogens with zero attached hydrogens (tertiary/aromatic N) is 1. The molecule has 6 heteroatoms. The molecule has 1 aliphatic rings. The van der Waals surface area contributed by atoms with Crippen molar-refractivity contribution in [3.05, 3.63) is 29.8 Å². The molecule has 0 radical (unpaired) electrons. The lowest BCUT2D eigenvalue weighted by Gasteiger charge is -2.26. The van der Waals surface area contributed by atoms with Crippen molar-refractivity contribution in [3.8, 4) is 0 Å². The Morgan fingerprint density at radius 1 is 1.26 bits per heavy atom. The molecule has 2 rings (SSSR count). The molecule has 1 unspecified atom stereocenters. The molecule has 128 valence electrons. The third-order valence-corrected chi connectivity index (χ3v) is 4.35. The number of carbonyl (C=O) groups is 2. The molecule has 2 amide bonds. The van der Waals surface area contributed by atoms with E-state index in [0.717, 1.165) is 37.1 Å². The van der Waals surface area contributed by atoms with E-state index in [-0.39, 0.29) is 24.2 Å². The van der Waals surface area contributed by atoms with Crippen molar-refractivity contribution in [1.29, 1.82) is 0 Å². The van der Waals surface area contributed by atoms with Crippen molar-refractivity contribution >= 4 is 29.9 Å². The molecular formula is C17H26ClN3O2. The molecule has 1 saturated heterocycles. The highest BCUT2D eigenvalue weighted by molar-refractivity contribution is 5.98. The topological polar surface area (TPSA) is 61.4 Å². The summed E-state index contributed by atoms with van der Waals surface area (Å²) in [6.45, 7) is 2.93. The van der Waals surface area contributed by atoms with Crippen LogP contribution in [0.25, 0.3) is 0 Å². The number of halogens is 1. The maximum absolute atomic E-state index is 12.5. The highest BCUT2D eigenvalue weighted by atomic mass is 35.5. The van der Waals surface area contributed by atoms with E-state index in [2.05, 4.69) is 10.6 Å². The smallest absolute Gasteiger partial charge is 0.244 e. The van der Waals surface area contributed by atoms with Crippen LogP contribution in [0.5, 0.6) is 0 Å². The van der Waals surface area contributed by atoms with Crippen LogP contribution in [-0.2, 0) is 16.0 Å². The van der Waals surface area contributed by atoms with E-state index in [9.17, 15) is 9.59 Å². The summed E-state index contributed by atoms with van der Waals surface area (Å²) in [6, 6.07) is 7.48. The highest BCUT2D eigenvalue weighted by Gasteiger charge is 2.38. The summed E-state index contributed by atoms with van der Waals surface area (Å²) >= 11 is 0. The number of hydrogen-bond acceptors (Lipinski definition) is 3. The van der Waals surface area contributed by atoms with E-state index in [4.69, 9.17) is 0 Å². The Morgan fingerprint density at radius 2 is 1.91 bits per heavy atom. The molecule has 0 saturated carbocycles.